The molecular weight excluding hydrogens is 304 g/mol. The minimum absolute atomic E-state index is 0.0245. The number of ether oxygens (including phenoxy) is 1. The molecule has 3 heterocycles. The van der Waals surface area contributed by atoms with E-state index >= 15 is 0 Å². The molecule has 1 unspecified atom stereocenters. The van der Waals surface area contributed by atoms with Crippen LogP contribution in [-0.2, 0) is 16.7 Å². The van der Waals surface area contributed by atoms with Gasteiger partial charge >= 0.3 is 0 Å². The number of rotatable bonds is 3. The van der Waals surface area contributed by atoms with Crippen molar-refractivity contribution in [3.8, 4) is 0 Å². The maximum Gasteiger partial charge on any atom is 0.216 e. The Labute approximate surface area is 144 Å². The lowest BCUT2D eigenvalue weighted by molar-refractivity contribution is 0.156. The van der Waals surface area contributed by atoms with E-state index in [0.717, 1.165) is 51.0 Å². The van der Waals surface area contributed by atoms with Gasteiger partial charge in [-0.2, -0.15) is 0 Å². The van der Waals surface area contributed by atoms with Crippen LogP contribution in [0.1, 0.15) is 52.2 Å². The Morgan fingerprint density at radius 1 is 1.42 bits per heavy atom. The molecule has 1 aromatic heterocycles. The van der Waals surface area contributed by atoms with Gasteiger partial charge in [-0.1, -0.05) is 20.8 Å². The molecule has 0 aromatic carbocycles. The lowest BCUT2D eigenvalue weighted by Gasteiger charge is -2.24. The van der Waals surface area contributed by atoms with Gasteiger partial charge in [0.05, 0.1) is 12.8 Å². The lowest BCUT2D eigenvalue weighted by Crippen LogP contribution is -2.41. The first-order chi connectivity index (χ1) is 11.4. The first kappa shape index (κ1) is 17.3. The first-order valence-corrected chi connectivity index (χ1v) is 8.98. The van der Waals surface area contributed by atoms with Gasteiger partial charge in [-0.05, 0) is 19.8 Å². The monoisotopic (exact) mass is 334 g/mol. The van der Waals surface area contributed by atoms with Gasteiger partial charge in [0, 0.05) is 37.1 Å². The zero-order chi connectivity index (χ0) is 17.2. The van der Waals surface area contributed by atoms with Crippen LogP contribution in [0.25, 0.3) is 0 Å². The molecule has 134 valence electrons. The molecule has 1 N–H and O–H groups in total. The van der Waals surface area contributed by atoms with Crippen LogP contribution in [0.15, 0.2) is 15.6 Å². The molecular formula is C18H30N4O2. The molecule has 3 rings (SSSR count). The summed E-state index contributed by atoms with van der Waals surface area (Å²) < 4.78 is 11.5. The molecule has 0 bridgehead atoms. The zero-order valence-electron chi connectivity index (χ0n) is 15.4. The predicted molar refractivity (Wildman–Crippen MR) is 94.1 cm³/mol. The molecule has 2 aliphatic heterocycles. The van der Waals surface area contributed by atoms with Crippen LogP contribution in [0.5, 0.6) is 0 Å². The number of nitrogens with zero attached hydrogens (tertiary/aromatic N) is 3. The predicted octanol–water partition coefficient (Wildman–Crippen LogP) is 2.55. The standard InChI is InChI=1S/C18H30N4O2/c1-5-19-16(22-8-6-18(12-22)7-9-23-13-18)21-11-15-20-10-14(24-15)17(2,3)4/h10H,5-9,11-13H2,1-4H3,(H,19,21). The van der Waals surface area contributed by atoms with Crippen molar-refractivity contribution in [2.24, 2.45) is 10.4 Å². The van der Waals surface area contributed by atoms with Gasteiger partial charge < -0.3 is 19.4 Å². The van der Waals surface area contributed by atoms with Gasteiger partial charge in [-0.15, -0.1) is 0 Å². The summed E-state index contributed by atoms with van der Waals surface area (Å²) in [6, 6.07) is 0. The minimum atomic E-state index is -0.0245. The largest absolute Gasteiger partial charge is 0.443 e. The Morgan fingerprint density at radius 3 is 2.88 bits per heavy atom. The van der Waals surface area contributed by atoms with Crippen LogP contribution >= 0.6 is 0 Å². The molecule has 0 radical (unpaired) electrons. The Hall–Kier alpha value is -1.56. The second-order valence-corrected chi connectivity index (χ2v) is 8.01. The van der Waals surface area contributed by atoms with Gasteiger partial charge in [0.2, 0.25) is 5.89 Å². The van der Waals surface area contributed by atoms with Crippen molar-refractivity contribution in [2.75, 3.05) is 32.8 Å². The topological polar surface area (TPSA) is 62.9 Å². The normalized spacial score (nSPS) is 25.0. The number of hydrogen-bond donors (Lipinski definition) is 1. The number of nitrogens with one attached hydrogen (secondary N) is 1. The highest BCUT2D eigenvalue weighted by Crippen LogP contribution is 2.38. The highest BCUT2D eigenvalue weighted by molar-refractivity contribution is 5.80. The van der Waals surface area contributed by atoms with E-state index in [-0.39, 0.29) is 5.41 Å². The van der Waals surface area contributed by atoms with Crippen molar-refractivity contribution < 1.29 is 9.15 Å². The minimum Gasteiger partial charge on any atom is -0.443 e. The summed E-state index contributed by atoms with van der Waals surface area (Å²) in [5.41, 5.74) is 0.307. The summed E-state index contributed by atoms with van der Waals surface area (Å²) in [6.07, 6.45) is 4.17. The van der Waals surface area contributed by atoms with Crippen molar-refractivity contribution in [2.45, 2.75) is 52.5 Å². The molecule has 0 aliphatic carbocycles. The summed E-state index contributed by atoms with van der Waals surface area (Å²) in [6.45, 7) is 13.6. The van der Waals surface area contributed by atoms with Crippen molar-refractivity contribution in [3.63, 3.8) is 0 Å². The second-order valence-electron chi connectivity index (χ2n) is 8.01. The Bertz CT molecular complexity index is 582. The Kier molecular flexibility index (Phi) is 4.85. The van der Waals surface area contributed by atoms with Crippen LogP contribution in [-0.4, -0.2) is 48.7 Å². The number of likely N-dealkylation sites (tertiary alicyclic amines) is 1. The quantitative estimate of drug-likeness (QED) is 0.680. The SMILES string of the molecule is CCNC(=NCc1ncc(C(C)(C)C)o1)N1CCC2(CCOC2)C1. The van der Waals surface area contributed by atoms with Gasteiger partial charge in [-0.3, -0.25) is 0 Å². The fourth-order valence-corrected chi connectivity index (χ4v) is 3.39. The summed E-state index contributed by atoms with van der Waals surface area (Å²) in [4.78, 5) is 11.5. The molecule has 6 heteroatoms. The van der Waals surface area contributed by atoms with E-state index in [9.17, 15) is 0 Å². The Morgan fingerprint density at radius 2 is 2.25 bits per heavy atom. The van der Waals surface area contributed by atoms with Crippen LogP contribution in [0.2, 0.25) is 0 Å². The molecule has 0 amide bonds. The maximum atomic E-state index is 5.85. The van der Waals surface area contributed by atoms with E-state index in [4.69, 9.17) is 14.1 Å². The van der Waals surface area contributed by atoms with E-state index in [0.29, 0.717) is 17.9 Å². The maximum absolute atomic E-state index is 5.85. The van der Waals surface area contributed by atoms with Crippen LogP contribution in [0.3, 0.4) is 0 Å². The molecule has 2 aliphatic rings. The number of aromatic nitrogens is 1. The van der Waals surface area contributed by atoms with Crippen molar-refractivity contribution in [3.05, 3.63) is 17.8 Å². The molecule has 1 atom stereocenters. The second kappa shape index (κ2) is 6.75. The summed E-state index contributed by atoms with van der Waals surface area (Å²) in [5, 5.41) is 3.40. The first-order valence-electron chi connectivity index (χ1n) is 8.98. The molecule has 1 aromatic rings. The lowest BCUT2D eigenvalue weighted by atomic mass is 9.87. The molecule has 24 heavy (non-hydrogen) atoms. The van der Waals surface area contributed by atoms with Crippen molar-refractivity contribution in [1.82, 2.24) is 15.2 Å². The molecule has 0 saturated carbocycles. The van der Waals surface area contributed by atoms with E-state index in [1.165, 1.54) is 6.42 Å². The number of aliphatic imine (C=N–C) groups is 1. The van der Waals surface area contributed by atoms with E-state index in [1.54, 1.807) is 0 Å². The molecule has 6 nitrogen and oxygen atoms in total. The third-order valence-corrected chi connectivity index (χ3v) is 4.91. The smallest absolute Gasteiger partial charge is 0.216 e. The van der Waals surface area contributed by atoms with Gasteiger partial charge in [0.1, 0.15) is 12.3 Å². The third kappa shape index (κ3) is 3.74. The molecule has 2 fully saturated rings. The van der Waals surface area contributed by atoms with Gasteiger partial charge in [-0.25, -0.2) is 9.98 Å². The number of guanidine groups is 1. The summed E-state index contributed by atoms with van der Waals surface area (Å²) in [7, 11) is 0. The Balaban J connectivity index is 1.67. The highest BCUT2D eigenvalue weighted by atomic mass is 16.5. The van der Waals surface area contributed by atoms with Crippen LogP contribution in [0, 0.1) is 5.41 Å². The average molecular weight is 334 g/mol. The van der Waals surface area contributed by atoms with E-state index in [2.05, 4.69) is 42.9 Å². The highest BCUT2D eigenvalue weighted by Gasteiger charge is 2.42. The number of oxazole rings is 1. The zero-order valence-corrected chi connectivity index (χ0v) is 15.4. The molecule has 2 saturated heterocycles. The van der Waals surface area contributed by atoms with E-state index in [1.807, 2.05) is 6.20 Å². The molecule has 1 spiro atoms. The summed E-state index contributed by atoms with van der Waals surface area (Å²) in [5.74, 6) is 2.53. The van der Waals surface area contributed by atoms with Crippen LogP contribution < -0.4 is 5.32 Å². The van der Waals surface area contributed by atoms with Crippen molar-refractivity contribution in [1.29, 1.82) is 0 Å². The number of hydrogen-bond acceptors (Lipinski definition) is 4. The fraction of sp³-hybridized carbons (Fsp3) is 0.778. The fourth-order valence-electron chi connectivity index (χ4n) is 3.39. The van der Waals surface area contributed by atoms with Gasteiger partial charge in [0.15, 0.2) is 5.96 Å². The van der Waals surface area contributed by atoms with Crippen LogP contribution in [0.4, 0.5) is 0 Å². The van der Waals surface area contributed by atoms with E-state index < -0.39 is 0 Å². The summed E-state index contributed by atoms with van der Waals surface area (Å²) >= 11 is 0. The van der Waals surface area contributed by atoms with Gasteiger partial charge in [0.25, 0.3) is 0 Å². The average Bonchev–Trinajstić information content (AvgIpc) is 3.25. The van der Waals surface area contributed by atoms with Crippen molar-refractivity contribution >= 4 is 5.96 Å². The third-order valence-electron chi connectivity index (χ3n) is 4.91.